The lowest BCUT2D eigenvalue weighted by molar-refractivity contribution is -0.115. The number of carbonyl (C=O) groups excluding carboxylic acids is 1. The molecule has 146 valence electrons. The Kier molecular flexibility index (Phi) is 5.77. The van der Waals surface area contributed by atoms with Gasteiger partial charge in [-0.2, -0.15) is 0 Å². The molecule has 8 nitrogen and oxygen atoms in total. The van der Waals surface area contributed by atoms with Crippen LogP contribution in [-0.2, 0) is 14.8 Å². The quantitative estimate of drug-likeness (QED) is 0.524. The third-order valence-electron chi connectivity index (χ3n) is 3.70. The molecular weight excluding hydrogens is 405 g/mol. The first kappa shape index (κ1) is 20.0. The number of aromatic amines is 1. The zero-order chi connectivity index (χ0) is 20.3. The highest BCUT2D eigenvalue weighted by Crippen LogP contribution is 2.25. The van der Waals surface area contributed by atoms with E-state index in [1.165, 1.54) is 30.3 Å². The molecule has 3 aromatic rings. The molecule has 0 fully saturated rings. The topological polar surface area (TPSA) is 131 Å². The van der Waals surface area contributed by atoms with Gasteiger partial charge in [0.25, 0.3) is 0 Å². The average Bonchev–Trinajstić information content (AvgIpc) is 3.10. The van der Waals surface area contributed by atoms with Crippen molar-refractivity contribution in [3.63, 3.8) is 0 Å². The highest BCUT2D eigenvalue weighted by atomic mass is 32.2. The number of carbonyl (C=O) groups is 1. The van der Waals surface area contributed by atoms with Gasteiger partial charge < -0.3 is 5.32 Å². The van der Waals surface area contributed by atoms with Crippen molar-refractivity contribution in [1.82, 2.24) is 15.2 Å². The number of H-pyrrole nitrogens is 1. The van der Waals surface area contributed by atoms with Crippen LogP contribution in [-0.4, -0.2) is 34.8 Å². The van der Waals surface area contributed by atoms with Crippen LogP contribution in [0.15, 0.2) is 58.6 Å². The van der Waals surface area contributed by atoms with Crippen LogP contribution in [0.3, 0.4) is 0 Å². The molecule has 0 bridgehead atoms. The summed E-state index contributed by atoms with van der Waals surface area (Å²) in [6.07, 6.45) is 0. The maximum atomic E-state index is 13.8. The van der Waals surface area contributed by atoms with Gasteiger partial charge in [-0.25, -0.2) is 22.9 Å². The van der Waals surface area contributed by atoms with Gasteiger partial charge in [-0.15, -0.1) is 5.10 Å². The second kappa shape index (κ2) is 8.09. The van der Waals surface area contributed by atoms with Gasteiger partial charge in [-0.1, -0.05) is 23.9 Å². The normalized spacial score (nSPS) is 12.5. The van der Waals surface area contributed by atoms with Gasteiger partial charge in [0.05, 0.1) is 15.7 Å². The highest BCUT2D eigenvalue weighted by Gasteiger charge is 2.18. The number of amides is 1. The fraction of sp³-hybridized carbons (Fsp3) is 0.118. The van der Waals surface area contributed by atoms with Crippen LogP contribution >= 0.6 is 11.8 Å². The van der Waals surface area contributed by atoms with Crippen LogP contribution < -0.4 is 10.5 Å². The van der Waals surface area contributed by atoms with Crippen LogP contribution in [0.2, 0.25) is 0 Å². The Bertz CT molecular complexity index is 1100. The molecular formula is C17H16FN5O3S2. The summed E-state index contributed by atoms with van der Waals surface area (Å²) in [4.78, 5) is 16.5. The van der Waals surface area contributed by atoms with Crippen LogP contribution in [0.4, 0.5) is 10.1 Å². The lowest BCUT2D eigenvalue weighted by Gasteiger charge is -2.10. The number of hydrogen-bond acceptors (Lipinski definition) is 6. The molecule has 3 rings (SSSR count). The van der Waals surface area contributed by atoms with E-state index in [2.05, 4.69) is 20.5 Å². The van der Waals surface area contributed by atoms with E-state index in [4.69, 9.17) is 5.14 Å². The van der Waals surface area contributed by atoms with Crippen molar-refractivity contribution in [3.05, 3.63) is 54.3 Å². The maximum Gasteiger partial charge on any atom is 0.238 e. The van der Waals surface area contributed by atoms with E-state index >= 15 is 0 Å². The number of thioether (sulfide) groups is 1. The van der Waals surface area contributed by atoms with E-state index in [9.17, 15) is 17.6 Å². The molecule has 28 heavy (non-hydrogen) atoms. The summed E-state index contributed by atoms with van der Waals surface area (Å²) >= 11 is 1.10. The summed E-state index contributed by atoms with van der Waals surface area (Å²) in [6.45, 7) is 1.66. The number of primary sulfonamides is 1. The van der Waals surface area contributed by atoms with Crippen LogP contribution in [0.25, 0.3) is 11.4 Å². The first-order chi connectivity index (χ1) is 13.2. The number of aromatic nitrogens is 3. The molecule has 11 heteroatoms. The summed E-state index contributed by atoms with van der Waals surface area (Å²) in [6, 6.07) is 11.7. The first-order valence-electron chi connectivity index (χ1n) is 8.02. The number of benzene rings is 2. The van der Waals surface area contributed by atoms with Crippen molar-refractivity contribution in [2.45, 2.75) is 22.2 Å². The summed E-state index contributed by atoms with van der Waals surface area (Å²) in [5, 5.41) is 14.1. The molecule has 1 heterocycles. The third-order valence-corrected chi connectivity index (χ3v) is 5.59. The van der Waals surface area contributed by atoms with E-state index < -0.39 is 21.1 Å². The Morgan fingerprint density at radius 3 is 2.54 bits per heavy atom. The number of nitrogens with one attached hydrogen (secondary N) is 2. The van der Waals surface area contributed by atoms with Crippen LogP contribution in [0, 0.1) is 5.82 Å². The molecule has 0 unspecified atom stereocenters. The van der Waals surface area contributed by atoms with Gasteiger partial charge in [-0.3, -0.25) is 9.89 Å². The monoisotopic (exact) mass is 421 g/mol. The SMILES string of the molecule is C[C@@H](Sc1n[nH]c(-c2ccccc2F)n1)C(=O)Nc1ccc(S(N)(=O)=O)cc1. The minimum atomic E-state index is -3.79. The number of anilines is 1. The number of rotatable bonds is 6. The third kappa shape index (κ3) is 4.74. The standard InChI is InChI=1S/C17H16FN5O3S2/c1-10(16(24)20-11-6-8-12(9-7-11)28(19,25)26)27-17-21-15(22-23-17)13-4-2-3-5-14(13)18/h2-10H,1H3,(H,20,24)(H2,19,25,26)(H,21,22,23)/t10-/m1/s1. The summed E-state index contributed by atoms with van der Waals surface area (Å²) in [5.74, 6) is -0.485. The molecule has 2 aromatic carbocycles. The molecule has 0 radical (unpaired) electrons. The summed E-state index contributed by atoms with van der Waals surface area (Å²) < 4.78 is 36.3. The van der Waals surface area contributed by atoms with E-state index in [1.807, 2.05) is 0 Å². The summed E-state index contributed by atoms with van der Waals surface area (Å²) in [5.41, 5.74) is 0.709. The van der Waals surface area contributed by atoms with Crippen molar-refractivity contribution in [2.75, 3.05) is 5.32 Å². The van der Waals surface area contributed by atoms with E-state index in [1.54, 1.807) is 25.1 Å². The molecule has 1 aromatic heterocycles. The molecule has 0 aliphatic rings. The van der Waals surface area contributed by atoms with Crippen molar-refractivity contribution < 1.29 is 17.6 Å². The highest BCUT2D eigenvalue weighted by molar-refractivity contribution is 8.00. The predicted octanol–water partition coefficient (Wildman–Crippen LogP) is 2.38. The van der Waals surface area contributed by atoms with Crippen molar-refractivity contribution in [2.24, 2.45) is 5.14 Å². The molecule has 0 aliphatic heterocycles. The molecule has 0 saturated carbocycles. The Labute approximate surface area is 164 Å². The van der Waals surface area contributed by atoms with Crippen molar-refractivity contribution in [3.8, 4) is 11.4 Å². The largest absolute Gasteiger partial charge is 0.325 e. The zero-order valence-electron chi connectivity index (χ0n) is 14.6. The Balaban J connectivity index is 1.64. The number of nitrogens with two attached hydrogens (primary N) is 1. The van der Waals surface area contributed by atoms with Crippen molar-refractivity contribution >= 4 is 33.4 Å². The first-order valence-corrected chi connectivity index (χ1v) is 10.4. The average molecular weight is 421 g/mol. The predicted molar refractivity (Wildman–Crippen MR) is 104 cm³/mol. The number of sulfonamides is 1. The molecule has 4 N–H and O–H groups in total. The number of hydrogen-bond donors (Lipinski definition) is 3. The maximum absolute atomic E-state index is 13.8. The van der Waals surface area contributed by atoms with Gasteiger partial charge in [0, 0.05) is 5.69 Å². The Hall–Kier alpha value is -2.76. The molecule has 1 atom stereocenters. The smallest absolute Gasteiger partial charge is 0.238 e. The van der Waals surface area contributed by atoms with E-state index in [-0.39, 0.29) is 22.2 Å². The number of halogens is 1. The molecule has 1 amide bonds. The molecule has 0 aliphatic carbocycles. The van der Waals surface area contributed by atoms with Gasteiger partial charge in [0.2, 0.25) is 21.1 Å². The second-order valence-corrected chi connectivity index (χ2v) is 8.63. The molecule has 0 spiro atoms. The van der Waals surface area contributed by atoms with E-state index in [0.29, 0.717) is 10.8 Å². The van der Waals surface area contributed by atoms with Crippen molar-refractivity contribution in [1.29, 1.82) is 0 Å². The Morgan fingerprint density at radius 2 is 1.89 bits per heavy atom. The zero-order valence-corrected chi connectivity index (χ0v) is 16.2. The van der Waals surface area contributed by atoms with Crippen LogP contribution in [0.1, 0.15) is 6.92 Å². The number of nitrogens with zero attached hydrogens (tertiary/aromatic N) is 2. The van der Waals surface area contributed by atoms with Crippen LogP contribution in [0.5, 0.6) is 0 Å². The van der Waals surface area contributed by atoms with Gasteiger partial charge in [0.1, 0.15) is 5.82 Å². The fourth-order valence-electron chi connectivity index (χ4n) is 2.26. The van der Waals surface area contributed by atoms with E-state index in [0.717, 1.165) is 11.8 Å². The lowest BCUT2D eigenvalue weighted by atomic mass is 10.2. The van der Waals surface area contributed by atoms with Gasteiger partial charge in [-0.05, 0) is 43.3 Å². The Morgan fingerprint density at radius 1 is 1.21 bits per heavy atom. The fourth-order valence-corrected chi connectivity index (χ4v) is 3.50. The minimum Gasteiger partial charge on any atom is -0.325 e. The lowest BCUT2D eigenvalue weighted by Crippen LogP contribution is -2.22. The molecule has 0 saturated heterocycles. The summed E-state index contributed by atoms with van der Waals surface area (Å²) in [7, 11) is -3.79. The van der Waals surface area contributed by atoms with Gasteiger partial charge >= 0.3 is 0 Å². The van der Waals surface area contributed by atoms with Gasteiger partial charge in [0.15, 0.2) is 5.82 Å². The minimum absolute atomic E-state index is 0.0469. The second-order valence-electron chi connectivity index (χ2n) is 5.77.